The van der Waals surface area contributed by atoms with Crippen LogP contribution in [0.3, 0.4) is 0 Å². The number of ether oxygens (including phenoxy) is 2. The van der Waals surface area contributed by atoms with Crippen LogP contribution in [-0.4, -0.2) is 25.1 Å². The maximum Gasteiger partial charge on any atom is 0.306 e. The molecule has 0 radical (unpaired) electrons. The van der Waals surface area contributed by atoms with Crippen LogP contribution in [0.2, 0.25) is 5.02 Å². The summed E-state index contributed by atoms with van der Waals surface area (Å²) in [5.74, 6) is 0.344. The van der Waals surface area contributed by atoms with Crippen molar-refractivity contribution >= 4 is 29.2 Å². The molecule has 1 amide bonds. The van der Waals surface area contributed by atoms with E-state index in [1.165, 1.54) is 5.56 Å². The molecule has 0 atom stereocenters. The van der Waals surface area contributed by atoms with Crippen molar-refractivity contribution < 1.29 is 19.1 Å². The van der Waals surface area contributed by atoms with E-state index < -0.39 is 5.97 Å². The molecule has 28 heavy (non-hydrogen) atoms. The Bertz CT molecular complexity index is 803. The van der Waals surface area contributed by atoms with Crippen molar-refractivity contribution in [3.8, 4) is 5.75 Å². The van der Waals surface area contributed by atoms with Crippen molar-refractivity contribution in [3.63, 3.8) is 0 Å². The minimum absolute atomic E-state index is 0.183. The van der Waals surface area contributed by atoms with Gasteiger partial charge in [0, 0.05) is 17.1 Å². The van der Waals surface area contributed by atoms with Crippen LogP contribution in [0.15, 0.2) is 42.5 Å². The lowest BCUT2D eigenvalue weighted by Gasteiger charge is -2.09. The van der Waals surface area contributed by atoms with Crippen LogP contribution in [0, 0.1) is 6.92 Å². The van der Waals surface area contributed by atoms with Gasteiger partial charge in [-0.25, -0.2) is 0 Å². The molecule has 0 unspecified atom stereocenters. The molecule has 5 nitrogen and oxygen atoms in total. The number of hydrogen-bond donors (Lipinski definition) is 1. The zero-order valence-corrected chi connectivity index (χ0v) is 17.2. The van der Waals surface area contributed by atoms with E-state index in [9.17, 15) is 9.59 Å². The molecule has 0 fully saturated rings. The molecular formula is C22H26ClNO4. The van der Waals surface area contributed by atoms with Gasteiger partial charge in [0.15, 0.2) is 6.61 Å². The van der Waals surface area contributed by atoms with Crippen molar-refractivity contribution in [2.45, 2.75) is 39.5 Å². The number of carbonyl (C=O) groups is 2. The van der Waals surface area contributed by atoms with E-state index in [-0.39, 0.29) is 18.9 Å². The number of anilines is 1. The van der Waals surface area contributed by atoms with E-state index in [2.05, 4.69) is 19.2 Å². The molecule has 6 heteroatoms. The second-order valence-electron chi connectivity index (χ2n) is 6.85. The summed E-state index contributed by atoms with van der Waals surface area (Å²) >= 11 is 5.96. The Labute approximate surface area is 171 Å². The fourth-order valence-corrected chi connectivity index (χ4v) is 2.60. The van der Waals surface area contributed by atoms with Crippen LogP contribution >= 0.6 is 11.6 Å². The highest BCUT2D eigenvalue weighted by atomic mass is 35.5. The molecule has 2 aromatic carbocycles. The van der Waals surface area contributed by atoms with Crippen LogP contribution in [-0.2, 0) is 14.3 Å². The molecule has 0 aliphatic rings. The van der Waals surface area contributed by atoms with Crippen molar-refractivity contribution in [2.24, 2.45) is 0 Å². The summed E-state index contributed by atoms with van der Waals surface area (Å²) in [5, 5.41) is 3.40. The standard InChI is InChI=1S/C22H26ClNO4/c1-15(2)17-6-8-18(9-7-17)24-21(25)14-28-22(26)5-4-12-27-19-10-11-20(23)16(3)13-19/h6-11,13,15H,4-5,12,14H2,1-3H3,(H,24,25). The van der Waals surface area contributed by atoms with Gasteiger partial charge in [-0.2, -0.15) is 0 Å². The number of rotatable bonds is 9. The Morgan fingerprint density at radius 2 is 1.82 bits per heavy atom. The first-order valence-corrected chi connectivity index (χ1v) is 9.67. The van der Waals surface area contributed by atoms with Gasteiger partial charge in [-0.15, -0.1) is 0 Å². The lowest BCUT2D eigenvalue weighted by atomic mass is 10.0. The maximum atomic E-state index is 11.9. The maximum absolute atomic E-state index is 11.9. The van der Waals surface area contributed by atoms with Gasteiger partial charge in [-0.1, -0.05) is 37.6 Å². The molecule has 0 aliphatic carbocycles. The second kappa shape index (κ2) is 10.7. The van der Waals surface area contributed by atoms with Crippen LogP contribution < -0.4 is 10.1 Å². The third-order valence-electron chi connectivity index (χ3n) is 4.15. The summed E-state index contributed by atoms with van der Waals surface area (Å²) in [7, 11) is 0. The smallest absolute Gasteiger partial charge is 0.306 e. The Kier molecular flexibility index (Phi) is 8.33. The summed E-state index contributed by atoms with van der Waals surface area (Å²) in [5.41, 5.74) is 2.81. The summed E-state index contributed by atoms with van der Waals surface area (Å²) < 4.78 is 10.6. The quantitative estimate of drug-likeness (QED) is 0.466. The Morgan fingerprint density at radius 1 is 1.11 bits per heavy atom. The highest BCUT2D eigenvalue weighted by Crippen LogP contribution is 2.21. The molecule has 0 spiro atoms. The fraction of sp³-hybridized carbons (Fsp3) is 0.364. The number of esters is 1. The normalized spacial score (nSPS) is 10.6. The lowest BCUT2D eigenvalue weighted by molar-refractivity contribution is -0.147. The second-order valence-corrected chi connectivity index (χ2v) is 7.26. The predicted octanol–water partition coefficient (Wildman–Crippen LogP) is 5.11. The Hall–Kier alpha value is -2.53. The average Bonchev–Trinajstić information content (AvgIpc) is 2.66. The van der Waals surface area contributed by atoms with Crippen molar-refractivity contribution in [3.05, 3.63) is 58.6 Å². The molecule has 2 rings (SSSR count). The first-order chi connectivity index (χ1) is 13.3. The van der Waals surface area contributed by atoms with Crippen LogP contribution in [0.25, 0.3) is 0 Å². The van der Waals surface area contributed by atoms with Gasteiger partial charge in [0.1, 0.15) is 5.75 Å². The van der Waals surface area contributed by atoms with E-state index in [1.54, 1.807) is 12.1 Å². The van der Waals surface area contributed by atoms with Crippen molar-refractivity contribution in [1.29, 1.82) is 0 Å². The van der Waals surface area contributed by atoms with E-state index in [0.717, 1.165) is 5.56 Å². The molecule has 2 aromatic rings. The van der Waals surface area contributed by atoms with Crippen molar-refractivity contribution in [1.82, 2.24) is 0 Å². The highest BCUT2D eigenvalue weighted by Gasteiger charge is 2.09. The van der Waals surface area contributed by atoms with Crippen LogP contribution in [0.1, 0.15) is 43.7 Å². The van der Waals surface area contributed by atoms with E-state index in [1.807, 2.05) is 37.3 Å². The summed E-state index contributed by atoms with van der Waals surface area (Å²) in [4.78, 5) is 23.6. The van der Waals surface area contributed by atoms with Gasteiger partial charge < -0.3 is 14.8 Å². The Balaban J connectivity index is 1.63. The van der Waals surface area contributed by atoms with E-state index >= 15 is 0 Å². The van der Waals surface area contributed by atoms with Gasteiger partial charge in [0.05, 0.1) is 6.61 Å². The zero-order valence-electron chi connectivity index (χ0n) is 16.5. The minimum atomic E-state index is -0.429. The Morgan fingerprint density at radius 3 is 2.46 bits per heavy atom. The predicted molar refractivity (Wildman–Crippen MR) is 111 cm³/mol. The summed E-state index contributed by atoms with van der Waals surface area (Å²) in [6.45, 7) is 6.19. The number of carbonyl (C=O) groups excluding carboxylic acids is 2. The first kappa shape index (κ1) is 21.8. The molecule has 0 aromatic heterocycles. The third-order valence-corrected chi connectivity index (χ3v) is 4.57. The van der Waals surface area contributed by atoms with E-state index in [4.69, 9.17) is 21.1 Å². The molecule has 0 heterocycles. The highest BCUT2D eigenvalue weighted by molar-refractivity contribution is 6.31. The summed E-state index contributed by atoms with van der Waals surface area (Å²) in [6.07, 6.45) is 0.682. The first-order valence-electron chi connectivity index (χ1n) is 9.29. The molecule has 0 aliphatic heterocycles. The number of hydrogen-bond acceptors (Lipinski definition) is 4. The number of aryl methyl sites for hydroxylation is 1. The van der Waals surface area contributed by atoms with Gasteiger partial charge >= 0.3 is 5.97 Å². The van der Waals surface area contributed by atoms with E-state index in [0.29, 0.717) is 35.4 Å². The number of benzene rings is 2. The van der Waals surface area contributed by atoms with Gasteiger partial charge in [0.25, 0.3) is 5.91 Å². The average molecular weight is 404 g/mol. The summed E-state index contributed by atoms with van der Waals surface area (Å²) in [6, 6.07) is 13.0. The number of amides is 1. The number of halogens is 1. The SMILES string of the molecule is Cc1cc(OCCCC(=O)OCC(=O)Nc2ccc(C(C)C)cc2)ccc1Cl. The lowest BCUT2D eigenvalue weighted by Crippen LogP contribution is -2.21. The molecule has 150 valence electrons. The molecule has 0 bridgehead atoms. The van der Waals surface area contributed by atoms with Crippen molar-refractivity contribution in [2.75, 3.05) is 18.5 Å². The largest absolute Gasteiger partial charge is 0.494 e. The topological polar surface area (TPSA) is 64.6 Å². The molecular weight excluding hydrogens is 378 g/mol. The van der Waals surface area contributed by atoms with Gasteiger partial charge in [-0.05, 0) is 60.7 Å². The fourth-order valence-electron chi connectivity index (χ4n) is 2.48. The van der Waals surface area contributed by atoms with Gasteiger partial charge in [0.2, 0.25) is 0 Å². The monoisotopic (exact) mass is 403 g/mol. The van der Waals surface area contributed by atoms with Crippen LogP contribution in [0.5, 0.6) is 5.75 Å². The molecule has 0 saturated carbocycles. The van der Waals surface area contributed by atoms with Gasteiger partial charge in [-0.3, -0.25) is 9.59 Å². The molecule has 0 saturated heterocycles. The molecule has 1 N–H and O–H groups in total. The number of nitrogens with one attached hydrogen (secondary N) is 1. The van der Waals surface area contributed by atoms with Crippen LogP contribution in [0.4, 0.5) is 5.69 Å². The zero-order chi connectivity index (χ0) is 20.5. The minimum Gasteiger partial charge on any atom is -0.494 e. The third kappa shape index (κ3) is 7.24.